The van der Waals surface area contributed by atoms with E-state index in [0.717, 1.165) is 30.5 Å². The fourth-order valence-electron chi connectivity index (χ4n) is 3.59. The summed E-state index contributed by atoms with van der Waals surface area (Å²) in [5, 5.41) is 2.59. The lowest BCUT2D eigenvalue weighted by Gasteiger charge is -2.24. The van der Waals surface area contributed by atoms with Gasteiger partial charge in [0.2, 0.25) is 5.91 Å². The van der Waals surface area contributed by atoms with Gasteiger partial charge < -0.3 is 19.7 Å². The number of ether oxygens (including phenoxy) is 2. The van der Waals surface area contributed by atoms with Crippen molar-refractivity contribution in [1.82, 2.24) is 10.2 Å². The molecule has 2 amide bonds. The van der Waals surface area contributed by atoms with Gasteiger partial charge in [0.05, 0.1) is 20.3 Å². The van der Waals surface area contributed by atoms with Crippen LogP contribution >= 0.6 is 0 Å². The van der Waals surface area contributed by atoms with E-state index >= 15 is 0 Å². The first-order chi connectivity index (χ1) is 14.1. The molecular formula is C23H26N2O4. The number of likely N-dealkylation sites (tertiary alicyclic amines) is 1. The molecule has 1 aliphatic rings. The molecule has 6 nitrogen and oxygen atoms in total. The van der Waals surface area contributed by atoms with Crippen molar-refractivity contribution in [3.05, 3.63) is 65.2 Å². The number of rotatable bonds is 6. The average Bonchev–Trinajstić information content (AvgIpc) is 3.26. The summed E-state index contributed by atoms with van der Waals surface area (Å²) < 4.78 is 10.7. The first-order valence-corrected chi connectivity index (χ1v) is 9.60. The van der Waals surface area contributed by atoms with Crippen LogP contribution in [0.4, 0.5) is 0 Å². The van der Waals surface area contributed by atoms with Crippen molar-refractivity contribution in [2.24, 2.45) is 0 Å². The van der Waals surface area contributed by atoms with E-state index in [-0.39, 0.29) is 17.9 Å². The minimum absolute atomic E-state index is 0.0163. The van der Waals surface area contributed by atoms with E-state index in [9.17, 15) is 9.59 Å². The highest BCUT2D eigenvalue weighted by atomic mass is 16.5. The molecule has 152 valence electrons. The van der Waals surface area contributed by atoms with E-state index in [1.54, 1.807) is 45.6 Å². The number of carbonyl (C=O) groups is 2. The fourth-order valence-corrected chi connectivity index (χ4v) is 3.59. The van der Waals surface area contributed by atoms with Crippen LogP contribution in [0.15, 0.2) is 48.5 Å². The smallest absolute Gasteiger partial charge is 0.251 e. The Morgan fingerprint density at radius 3 is 2.45 bits per heavy atom. The maximum atomic E-state index is 12.8. The number of amides is 2. The molecule has 0 saturated carbocycles. The highest BCUT2D eigenvalue weighted by Crippen LogP contribution is 2.37. The lowest BCUT2D eigenvalue weighted by Crippen LogP contribution is -2.28. The number of hydrogen-bond acceptors (Lipinski definition) is 4. The van der Waals surface area contributed by atoms with Crippen molar-refractivity contribution < 1.29 is 19.1 Å². The molecule has 0 bridgehead atoms. The highest BCUT2D eigenvalue weighted by Gasteiger charge is 2.29. The van der Waals surface area contributed by atoms with Crippen LogP contribution in [-0.4, -0.2) is 44.5 Å². The molecule has 1 atom stereocenters. The summed E-state index contributed by atoms with van der Waals surface area (Å²) in [4.78, 5) is 26.3. The Morgan fingerprint density at radius 1 is 1.07 bits per heavy atom. The maximum absolute atomic E-state index is 12.8. The molecular weight excluding hydrogens is 368 g/mol. The van der Waals surface area contributed by atoms with E-state index in [0.29, 0.717) is 17.1 Å². The van der Waals surface area contributed by atoms with Crippen molar-refractivity contribution in [2.45, 2.75) is 18.9 Å². The summed E-state index contributed by atoms with van der Waals surface area (Å²) >= 11 is 0. The zero-order valence-corrected chi connectivity index (χ0v) is 17.0. The van der Waals surface area contributed by atoms with Crippen LogP contribution in [-0.2, 0) is 4.79 Å². The van der Waals surface area contributed by atoms with Crippen LogP contribution in [0.1, 0.15) is 40.4 Å². The van der Waals surface area contributed by atoms with Crippen molar-refractivity contribution in [3.8, 4) is 11.5 Å². The minimum atomic E-state index is -0.133. The predicted molar refractivity (Wildman–Crippen MR) is 112 cm³/mol. The second kappa shape index (κ2) is 9.28. The van der Waals surface area contributed by atoms with Gasteiger partial charge in [0.25, 0.3) is 5.91 Å². The molecule has 1 aliphatic heterocycles. The van der Waals surface area contributed by atoms with Gasteiger partial charge in [-0.05, 0) is 54.3 Å². The zero-order chi connectivity index (χ0) is 20.8. The Labute approximate surface area is 171 Å². The summed E-state index contributed by atoms with van der Waals surface area (Å²) in [5.41, 5.74) is 2.49. The van der Waals surface area contributed by atoms with E-state index in [1.807, 2.05) is 35.2 Å². The van der Waals surface area contributed by atoms with E-state index in [2.05, 4.69) is 5.32 Å². The van der Waals surface area contributed by atoms with Gasteiger partial charge in [-0.1, -0.05) is 18.2 Å². The van der Waals surface area contributed by atoms with Gasteiger partial charge in [-0.3, -0.25) is 9.59 Å². The van der Waals surface area contributed by atoms with Crippen molar-refractivity contribution in [3.63, 3.8) is 0 Å². The number of nitrogens with one attached hydrogen (secondary N) is 1. The molecule has 0 spiro atoms. The van der Waals surface area contributed by atoms with Crippen molar-refractivity contribution in [1.29, 1.82) is 0 Å². The van der Waals surface area contributed by atoms with Gasteiger partial charge in [0.1, 0.15) is 0 Å². The maximum Gasteiger partial charge on any atom is 0.251 e. The Balaban J connectivity index is 1.73. The quantitative estimate of drug-likeness (QED) is 0.762. The number of hydrogen-bond donors (Lipinski definition) is 1. The number of benzene rings is 2. The molecule has 1 N–H and O–H groups in total. The topological polar surface area (TPSA) is 67.9 Å². The number of methoxy groups -OCH3 is 2. The highest BCUT2D eigenvalue weighted by molar-refractivity contribution is 5.95. The molecule has 6 heteroatoms. The second-order valence-corrected chi connectivity index (χ2v) is 6.84. The first kappa shape index (κ1) is 20.5. The predicted octanol–water partition coefficient (Wildman–Crippen LogP) is 3.44. The standard InChI is InChI=1S/C23H26N2O4/c1-24-23(27)17-9-6-16(7-10-17)8-13-22(26)25-14-4-5-19(25)18-11-12-20(28-2)21(15-18)29-3/h6-13,15,19H,4-5,14H2,1-3H3,(H,24,27)/b13-8+. The largest absolute Gasteiger partial charge is 0.493 e. The zero-order valence-electron chi connectivity index (χ0n) is 17.0. The molecule has 1 heterocycles. The number of carbonyl (C=O) groups excluding carboxylic acids is 2. The Kier molecular flexibility index (Phi) is 6.54. The molecule has 1 fully saturated rings. The molecule has 2 aromatic carbocycles. The lowest BCUT2D eigenvalue weighted by atomic mass is 10.0. The van der Waals surface area contributed by atoms with E-state index in [1.165, 1.54) is 0 Å². The van der Waals surface area contributed by atoms with Gasteiger partial charge >= 0.3 is 0 Å². The Hall–Kier alpha value is -3.28. The molecule has 29 heavy (non-hydrogen) atoms. The van der Waals surface area contributed by atoms with Crippen molar-refractivity contribution in [2.75, 3.05) is 27.8 Å². The van der Waals surface area contributed by atoms with Crippen LogP contribution in [0.2, 0.25) is 0 Å². The Bertz CT molecular complexity index is 906. The fraction of sp³-hybridized carbons (Fsp3) is 0.304. The van der Waals surface area contributed by atoms with Gasteiger partial charge in [0.15, 0.2) is 11.5 Å². The normalized spacial score (nSPS) is 16.1. The van der Waals surface area contributed by atoms with Crippen LogP contribution in [0.3, 0.4) is 0 Å². The third-order valence-electron chi connectivity index (χ3n) is 5.15. The summed E-state index contributed by atoms with van der Waals surface area (Å²) in [7, 11) is 4.81. The third kappa shape index (κ3) is 4.59. The van der Waals surface area contributed by atoms with Gasteiger partial charge in [-0.15, -0.1) is 0 Å². The second-order valence-electron chi connectivity index (χ2n) is 6.84. The summed E-state index contributed by atoms with van der Waals surface area (Å²) in [6, 6.07) is 12.9. The van der Waals surface area contributed by atoms with Crippen LogP contribution in [0.5, 0.6) is 11.5 Å². The first-order valence-electron chi connectivity index (χ1n) is 9.60. The third-order valence-corrected chi connectivity index (χ3v) is 5.15. The molecule has 1 unspecified atom stereocenters. The van der Waals surface area contributed by atoms with Gasteiger partial charge in [-0.25, -0.2) is 0 Å². The lowest BCUT2D eigenvalue weighted by molar-refractivity contribution is -0.126. The molecule has 3 rings (SSSR count). The van der Waals surface area contributed by atoms with E-state index < -0.39 is 0 Å². The average molecular weight is 394 g/mol. The molecule has 0 radical (unpaired) electrons. The SMILES string of the molecule is CNC(=O)c1ccc(/C=C/C(=O)N2CCCC2c2ccc(OC)c(OC)c2)cc1. The monoisotopic (exact) mass is 394 g/mol. The van der Waals surface area contributed by atoms with E-state index in [4.69, 9.17) is 9.47 Å². The summed E-state index contributed by atoms with van der Waals surface area (Å²) in [6.45, 7) is 0.720. The van der Waals surface area contributed by atoms with Crippen LogP contribution in [0.25, 0.3) is 6.08 Å². The molecule has 0 aromatic heterocycles. The van der Waals surface area contributed by atoms with Crippen molar-refractivity contribution >= 4 is 17.9 Å². The molecule has 2 aromatic rings. The number of nitrogens with zero attached hydrogens (tertiary/aromatic N) is 1. The summed E-state index contributed by atoms with van der Waals surface area (Å²) in [5.74, 6) is 1.17. The summed E-state index contributed by atoms with van der Waals surface area (Å²) in [6.07, 6.45) is 5.24. The van der Waals surface area contributed by atoms with Gasteiger partial charge in [-0.2, -0.15) is 0 Å². The Morgan fingerprint density at radius 2 is 1.79 bits per heavy atom. The van der Waals surface area contributed by atoms with Gasteiger partial charge in [0, 0.05) is 25.2 Å². The molecule has 1 saturated heterocycles. The van der Waals surface area contributed by atoms with Crippen LogP contribution < -0.4 is 14.8 Å². The van der Waals surface area contributed by atoms with Crippen LogP contribution in [0, 0.1) is 0 Å². The minimum Gasteiger partial charge on any atom is -0.493 e. The molecule has 0 aliphatic carbocycles.